The van der Waals surface area contributed by atoms with Crippen molar-refractivity contribution in [3.63, 3.8) is 0 Å². The van der Waals surface area contributed by atoms with Gasteiger partial charge in [0.2, 0.25) is 11.8 Å². The number of anilines is 2. The number of carbonyl (C=O) groups excluding carboxylic acids is 4. The van der Waals surface area contributed by atoms with Gasteiger partial charge in [0.1, 0.15) is 18.4 Å². The van der Waals surface area contributed by atoms with Crippen molar-refractivity contribution in [2.45, 2.75) is 96.0 Å². The first-order chi connectivity index (χ1) is 37.0. The van der Waals surface area contributed by atoms with Gasteiger partial charge in [0.05, 0.1) is 81.2 Å². The van der Waals surface area contributed by atoms with Crippen LogP contribution in [-0.2, 0) is 51.2 Å². The molecular weight excluding hydrogens is 994 g/mol. The van der Waals surface area contributed by atoms with E-state index in [2.05, 4.69) is 65.0 Å². The van der Waals surface area contributed by atoms with Crippen LogP contribution < -0.4 is 31.2 Å². The SMILES string of the molecule is CNCCOCCOCCOCCOCCC=O.CNC[C@H]1CCN(c2cc3c(cc2F)c(=O)c(CNCc2ccnc(C)c2)cn3C2CC2)C1.Cc1ccc(N2CCCCC2)cn1.O=CCCN1C(=O)CC(S)C1=O. The van der Waals surface area contributed by atoms with Crippen molar-refractivity contribution in [1.82, 2.24) is 35.4 Å². The number of imide groups is 1. The molecule has 6 heterocycles. The summed E-state index contributed by atoms with van der Waals surface area (Å²) in [5.74, 6) is -0.301. The number of amides is 2. The number of pyridine rings is 3. The zero-order valence-electron chi connectivity index (χ0n) is 45.2. The molecule has 3 N–H and O–H groups in total. The van der Waals surface area contributed by atoms with Gasteiger partial charge in [-0.15, -0.1) is 0 Å². The van der Waals surface area contributed by atoms with E-state index in [1.54, 1.807) is 6.20 Å². The number of hydrogen-bond acceptors (Lipinski definition) is 17. The van der Waals surface area contributed by atoms with Crippen molar-refractivity contribution in [3.8, 4) is 0 Å². The summed E-state index contributed by atoms with van der Waals surface area (Å²) < 4.78 is 38.4. The second-order valence-corrected chi connectivity index (χ2v) is 19.9. The van der Waals surface area contributed by atoms with E-state index in [0.717, 1.165) is 79.1 Å². The number of benzene rings is 1. The number of aldehydes is 2. The summed E-state index contributed by atoms with van der Waals surface area (Å²) in [4.78, 5) is 69.6. The maximum absolute atomic E-state index is 15.2. The van der Waals surface area contributed by atoms with Gasteiger partial charge < -0.3 is 58.9 Å². The minimum Gasteiger partial charge on any atom is -0.379 e. The van der Waals surface area contributed by atoms with E-state index < -0.39 is 5.25 Å². The molecule has 4 aliphatic rings. The molecule has 1 unspecified atom stereocenters. The molecule has 0 spiro atoms. The number of thiol groups is 1. The lowest BCUT2D eigenvalue weighted by Crippen LogP contribution is -2.31. The van der Waals surface area contributed by atoms with E-state index >= 15 is 4.39 Å². The van der Waals surface area contributed by atoms with Gasteiger partial charge in [-0.2, -0.15) is 12.6 Å². The van der Waals surface area contributed by atoms with Crippen LogP contribution in [0, 0.1) is 25.6 Å². The van der Waals surface area contributed by atoms with E-state index in [1.165, 1.54) is 44.1 Å². The molecule has 1 aliphatic carbocycles. The average molecular weight is 1080 g/mol. The van der Waals surface area contributed by atoms with Gasteiger partial charge in [0.25, 0.3) is 0 Å². The molecule has 4 aromatic rings. The Labute approximate surface area is 453 Å². The molecule has 76 heavy (non-hydrogen) atoms. The Kier molecular flexibility index (Phi) is 28.0. The number of rotatable bonds is 27. The number of aryl methyl sites for hydroxylation is 2. The minimum absolute atomic E-state index is 0.0831. The molecule has 1 aromatic carbocycles. The van der Waals surface area contributed by atoms with Crippen molar-refractivity contribution >= 4 is 59.3 Å². The lowest BCUT2D eigenvalue weighted by Gasteiger charge is -2.28. The molecule has 2 atom stereocenters. The van der Waals surface area contributed by atoms with Crippen LogP contribution in [0.5, 0.6) is 0 Å². The number of aromatic nitrogens is 3. The monoisotopic (exact) mass is 1080 g/mol. The summed E-state index contributed by atoms with van der Waals surface area (Å²) in [7, 11) is 3.85. The fraction of sp³-hybridized carbons (Fsp3) is 0.589. The highest BCUT2D eigenvalue weighted by Gasteiger charge is 2.35. The van der Waals surface area contributed by atoms with Crippen LogP contribution >= 0.6 is 12.6 Å². The first kappa shape index (κ1) is 61.7. The van der Waals surface area contributed by atoms with Crippen LogP contribution in [-0.4, -0.2) is 162 Å². The van der Waals surface area contributed by atoms with E-state index in [1.807, 2.05) is 58.5 Å². The van der Waals surface area contributed by atoms with Crippen molar-refractivity contribution < 1.29 is 42.5 Å². The maximum atomic E-state index is 15.2. The first-order valence-electron chi connectivity index (χ1n) is 26.9. The lowest BCUT2D eigenvalue weighted by atomic mass is 10.1. The van der Waals surface area contributed by atoms with Crippen LogP contribution in [0.4, 0.5) is 15.8 Å². The van der Waals surface area contributed by atoms with Crippen LogP contribution in [0.25, 0.3) is 10.9 Å². The van der Waals surface area contributed by atoms with Gasteiger partial charge in [0, 0.05) is 112 Å². The zero-order chi connectivity index (χ0) is 54.5. The number of ether oxygens (including phenoxy) is 4. The third-order valence-corrected chi connectivity index (χ3v) is 13.5. The third kappa shape index (κ3) is 21.0. The van der Waals surface area contributed by atoms with E-state index in [4.69, 9.17) is 18.9 Å². The van der Waals surface area contributed by atoms with E-state index in [-0.39, 0.29) is 42.4 Å². The molecule has 3 aromatic heterocycles. The smallest absolute Gasteiger partial charge is 0.242 e. The summed E-state index contributed by atoms with van der Waals surface area (Å²) in [5, 5.41) is 9.57. The molecule has 0 radical (unpaired) electrons. The molecule has 3 saturated heterocycles. The fourth-order valence-electron chi connectivity index (χ4n) is 8.95. The van der Waals surface area contributed by atoms with Crippen LogP contribution in [0.15, 0.2) is 59.8 Å². The van der Waals surface area contributed by atoms with Gasteiger partial charge >= 0.3 is 0 Å². The number of piperidine rings is 1. The Bertz CT molecular complexity index is 2440. The number of carbonyl (C=O) groups is 4. The van der Waals surface area contributed by atoms with Gasteiger partial charge in [-0.25, -0.2) is 4.39 Å². The molecular formula is C56H82FN9O9S. The molecule has 1 saturated carbocycles. The summed E-state index contributed by atoms with van der Waals surface area (Å²) >= 11 is 3.93. The lowest BCUT2D eigenvalue weighted by molar-refractivity contribution is -0.138. The number of halogens is 1. The van der Waals surface area contributed by atoms with Crippen molar-refractivity contribution in [1.29, 1.82) is 0 Å². The van der Waals surface area contributed by atoms with Crippen molar-refractivity contribution in [3.05, 3.63) is 93.5 Å². The number of nitrogens with one attached hydrogen (secondary N) is 3. The Morgan fingerprint density at radius 3 is 2.07 bits per heavy atom. The average Bonchev–Trinajstić information content (AvgIpc) is 4.12. The number of nitrogens with zero attached hydrogens (tertiary/aromatic N) is 6. The first-order valence-corrected chi connectivity index (χ1v) is 27.4. The summed E-state index contributed by atoms with van der Waals surface area (Å²) in [6, 6.07) is 12.0. The topological polar surface area (TPSA) is 199 Å². The second kappa shape index (κ2) is 34.6. The summed E-state index contributed by atoms with van der Waals surface area (Å²) in [5.41, 5.74) is 6.55. The number of likely N-dealkylation sites (N-methyl/N-ethyl adjacent to an activating group) is 1. The highest BCUT2D eigenvalue weighted by molar-refractivity contribution is 7.81. The fourth-order valence-corrected chi connectivity index (χ4v) is 9.25. The largest absolute Gasteiger partial charge is 0.379 e. The number of fused-ring (bicyclic) bond motifs is 1. The number of hydrogen-bond donors (Lipinski definition) is 4. The summed E-state index contributed by atoms with van der Waals surface area (Å²) in [6.07, 6.45) is 15.4. The molecule has 0 bridgehead atoms. The number of likely N-dealkylation sites (tertiary alicyclic amines) is 1. The van der Waals surface area contributed by atoms with E-state index in [9.17, 15) is 24.0 Å². The predicted octanol–water partition coefficient (Wildman–Crippen LogP) is 5.39. The Morgan fingerprint density at radius 2 is 1.46 bits per heavy atom. The Hall–Kier alpha value is -5.19. The zero-order valence-corrected chi connectivity index (χ0v) is 46.0. The highest BCUT2D eigenvalue weighted by atomic mass is 32.1. The standard InChI is InChI=1S/C26H32FN5O.C12H25NO5.C11H16N2.C7H9NO3S/c1-17-9-18(5-7-30-17)13-29-14-20-16-32(21-3-4-21)24-11-25(23(27)10-22(24)26(20)33)31-8-6-19(15-31)12-28-2;1-13-3-6-16-8-10-18-12-11-17-9-7-15-5-2-4-14;1-10-5-6-11(9-12-10)13-7-3-2-4-8-13;9-3-1-2-8-6(10)4-5(12)7(8)11/h5,7,9-11,16,19,21,28-29H,3-4,6,8,12-15H2,1-2H3;4,13H,2-3,5-12H2,1H3;5-6,9H,2-4,7-8H2,1H3;3,5,12H,1-2,4H2/t19-;;;/m1.../s1. The molecule has 2 amide bonds. The van der Waals surface area contributed by atoms with Gasteiger partial charge in [-0.1, -0.05) is 0 Å². The normalized spacial score (nSPS) is 17.2. The van der Waals surface area contributed by atoms with Crippen LogP contribution in [0.3, 0.4) is 0 Å². The predicted molar refractivity (Wildman–Crippen MR) is 298 cm³/mol. The minimum atomic E-state index is -0.510. The molecule has 8 rings (SSSR count). The van der Waals surface area contributed by atoms with E-state index in [0.29, 0.717) is 107 Å². The Morgan fingerprint density at radius 1 is 0.763 bits per heavy atom. The molecule has 418 valence electrons. The Balaban J connectivity index is 0.000000208. The van der Waals surface area contributed by atoms with Gasteiger partial charge in [-0.3, -0.25) is 29.3 Å². The maximum Gasteiger partial charge on any atom is 0.242 e. The summed E-state index contributed by atoms with van der Waals surface area (Å²) in [6.45, 7) is 15.7. The molecule has 18 nitrogen and oxygen atoms in total. The van der Waals surface area contributed by atoms with Gasteiger partial charge in [0.15, 0.2) is 5.43 Å². The molecule has 4 fully saturated rings. The third-order valence-electron chi connectivity index (χ3n) is 13.1. The van der Waals surface area contributed by atoms with Crippen LogP contribution in [0.2, 0.25) is 0 Å². The van der Waals surface area contributed by atoms with Crippen molar-refractivity contribution in [2.24, 2.45) is 5.92 Å². The molecule has 3 aliphatic heterocycles. The second-order valence-electron chi connectivity index (χ2n) is 19.3. The van der Waals surface area contributed by atoms with Gasteiger partial charge in [-0.05, 0) is 121 Å². The quantitative estimate of drug-likeness (QED) is 0.0257. The van der Waals surface area contributed by atoms with Crippen molar-refractivity contribution in [2.75, 3.05) is 123 Å². The molecule has 20 heteroatoms. The van der Waals surface area contributed by atoms with Crippen LogP contribution in [0.1, 0.15) is 86.3 Å². The highest BCUT2D eigenvalue weighted by Crippen LogP contribution is 2.38.